The Hall–Kier alpha value is -0.770. The average Bonchev–Trinajstić information content (AvgIpc) is 3.08. The Morgan fingerprint density at radius 1 is 1.44 bits per heavy atom. The maximum Gasteiger partial charge on any atom is 0.253 e. The molecule has 86 valence electrons. The van der Waals surface area contributed by atoms with Crippen molar-refractivity contribution in [1.82, 2.24) is 5.32 Å². The van der Waals surface area contributed by atoms with Crippen LogP contribution in [0.5, 0.6) is 0 Å². The first-order valence-corrected chi connectivity index (χ1v) is 5.77. The molecule has 1 heterocycles. The molecule has 5 heteroatoms. The average molecular weight is 260 g/mol. The van der Waals surface area contributed by atoms with Crippen LogP contribution in [0.15, 0.2) is 30.3 Å². The number of hydrogen-bond donors (Lipinski definition) is 1. The third-order valence-electron chi connectivity index (χ3n) is 2.54. The van der Waals surface area contributed by atoms with E-state index in [1.54, 1.807) is 0 Å². The fraction of sp³-hybridized carbons (Fsp3) is 0.364. The summed E-state index contributed by atoms with van der Waals surface area (Å²) in [5, 5.41) is 2.66. The van der Waals surface area contributed by atoms with E-state index in [4.69, 9.17) is 27.9 Å². The Bertz CT molecular complexity index is 377. The second-order valence-corrected chi connectivity index (χ2v) is 4.76. The summed E-state index contributed by atoms with van der Waals surface area (Å²) in [5.74, 6) is -0.394. The number of epoxide rings is 1. The zero-order valence-electron chi connectivity index (χ0n) is 8.45. The minimum atomic E-state index is -1.04. The Kier molecular flexibility index (Phi) is 3.38. The second-order valence-electron chi connectivity index (χ2n) is 3.67. The van der Waals surface area contributed by atoms with Crippen LogP contribution in [0.25, 0.3) is 0 Å². The summed E-state index contributed by atoms with van der Waals surface area (Å²) in [6.07, 6.45) is 0. The summed E-state index contributed by atoms with van der Waals surface area (Å²) in [6.45, 7) is 0.998. The largest absolute Gasteiger partial charge is 0.363 e. The van der Waals surface area contributed by atoms with E-state index in [1.807, 2.05) is 30.3 Å². The smallest absolute Gasteiger partial charge is 0.253 e. The van der Waals surface area contributed by atoms with E-state index >= 15 is 0 Å². The first-order valence-electron chi connectivity index (χ1n) is 4.89. The van der Waals surface area contributed by atoms with Gasteiger partial charge in [0.25, 0.3) is 5.91 Å². The Balaban J connectivity index is 1.97. The lowest BCUT2D eigenvalue weighted by molar-refractivity contribution is -0.119. The van der Waals surface area contributed by atoms with Crippen molar-refractivity contribution in [3.63, 3.8) is 0 Å². The molecule has 16 heavy (non-hydrogen) atoms. The quantitative estimate of drug-likeness (QED) is 0.662. The summed E-state index contributed by atoms with van der Waals surface area (Å²) >= 11 is 10.9. The van der Waals surface area contributed by atoms with E-state index in [1.165, 1.54) is 0 Å². The van der Waals surface area contributed by atoms with Crippen molar-refractivity contribution in [3.8, 4) is 0 Å². The summed E-state index contributed by atoms with van der Waals surface area (Å²) in [5.41, 5.74) is 0.663. The minimum Gasteiger partial charge on any atom is -0.363 e. The van der Waals surface area contributed by atoms with E-state index in [2.05, 4.69) is 5.32 Å². The molecule has 1 amide bonds. The lowest BCUT2D eigenvalue weighted by atomic mass is 10.0. The Morgan fingerprint density at radius 3 is 2.56 bits per heavy atom. The number of amides is 1. The number of carbonyl (C=O) groups excluding carboxylic acids is 1. The number of rotatable bonds is 4. The van der Waals surface area contributed by atoms with Crippen LogP contribution < -0.4 is 5.32 Å². The second kappa shape index (κ2) is 4.62. The monoisotopic (exact) mass is 259 g/mol. The van der Waals surface area contributed by atoms with Crippen molar-refractivity contribution in [2.45, 2.75) is 10.4 Å². The summed E-state index contributed by atoms with van der Waals surface area (Å²) in [6, 6.07) is 9.75. The van der Waals surface area contributed by atoms with Gasteiger partial charge < -0.3 is 10.1 Å². The molecule has 1 aliphatic rings. The Labute approximate surface area is 104 Å². The van der Waals surface area contributed by atoms with Gasteiger partial charge >= 0.3 is 0 Å². The SMILES string of the molecule is O=C(NCC1(c2ccccc2)CO1)C(Cl)Cl. The first kappa shape index (κ1) is 11.7. The maximum atomic E-state index is 11.2. The number of alkyl halides is 2. The van der Waals surface area contributed by atoms with Crippen molar-refractivity contribution in [1.29, 1.82) is 0 Å². The molecule has 1 unspecified atom stereocenters. The molecule has 0 spiro atoms. The summed E-state index contributed by atoms with van der Waals surface area (Å²) in [7, 11) is 0. The van der Waals surface area contributed by atoms with Gasteiger partial charge in [-0.3, -0.25) is 4.79 Å². The Morgan fingerprint density at radius 2 is 2.06 bits per heavy atom. The molecule has 3 nitrogen and oxygen atoms in total. The topological polar surface area (TPSA) is 41.6 Å². The fourth-order valence-electron chi connectivity index (χ4n) is 1.51. The molecule has 0 saturated carbocycles. The molecule has 1 aromatic rings. The third kappa shape index (κ3) is 2.48. The van der Waals surface area contributed by atoms with E-state index in [0.717, 1.165) is 5.56 Å². The maximum absolute atomic E-state index is 11.2. The highest BCUT2D eigenvalue weighted by atomic mass is 35.5. The van der Waals surface area contributed by atoms with Crippen LogP contribution in [0.4, 0.5) is 0 Å². The van der Waals surface area contributed by atoms with Crippen molar-refractivity contribution in [2.75, 3.05) is 13.2 Å². The summed E-state index contributed by atoms with van der Waals surface area (Å²) < 4.78 is 5.41. The predicted molar refractivity (Wildman–Crippen MR) is 62.6 cm³/mol. The van der Waals surface area contributed by atoms with Gasteiger partial charge in [0.05, 0.1) is 13.2 Å². The van der Waals surface area contributed by atoms with Crippen LogP contribution in [0.3, 0.4) is 0 Å². The van der Waals surface area contributed by atoms with Gasteiger partial charge in [-0.1, -0.05) is 53.5 Å². The standard InChI is InChI=1S/C11H11Cl2NO2/c12-9(13)10(15)14-6-11(7-16-11)8-4-2-1-3-5-8/h1-5,9H,6-7H2,(H,14,15). The lowest BCUT2D eigenvalue weighted by Gasteiger charge is -2.13. The highest BCUT2D eigenvalue weighted by Crippen LogP contribution is 2.37. The van der Waals surface area contributed by atoms with E-state index in [-0.39, 0.29) is 5.60 Å². The van der Waals surface area contributed by atoms with Gasteiger partial charge in [0, 0.05) is 0 Å². The zero-order chi connectivity index (χ0) is 11.6. The number of nitrogens with one attached hydrogen (secondary N) is 1. The molecule has 0 aliphatic carbocycles. The van der Waals surface area contributed by atoms with Gasteiger partial charge in [-0.25, -0.2) is 0 Å². The van der Waals surface area contributed by atoms with Gasteiger partial charge in [0.1, 0.15) is 5.60 Å². The number of ether oxygens (including phenoxy) is 1. The van der Waals surface area contributed by atoms with Gasteiger partial charge in [-0.2, -0.15) is 0 Å². The minimum absolute atomic E-state index is 0.389. The van der Waals surface area contributed by atoms with E-state index in [0.29, 0.717) is 13.2 Å². The van der Waals surface area contributed by atoms with E-state index < -0.39 is 10.7 Å². The van der Waals surface area contributed by atoms with Gasteiger partial charge in [-0.15, -0.1) is 0 Å². The molecule has 1 N–H and O–H groups in total. The van der Waals surface area contributed by atoms with Crippen LogP contribution in [-0.2, 0) is 15.1 Å². The zero-order valence-corrected chi connectivity index (χ0v) is 9.96. The lowest BCUT2D eigenvalue weighted by Crippen LogP contribution is -2.36. The fourth-order valence-corrected chi connectivity index (χ4v) is 1.66. The van der Waals surface area contributed by atoms with Crippen LogP contribution in [-0.4, -0.2) is 23.9 Å². The predicted octanol–water partition coefficient (Wildman–Crippen LogP) is 1.83. The van der Waals surface area contributed by atoms with Crippen LogP contribution in [0, 0.1) is 0 Å². The third-order valence-corrected chi connectivity index (χ3v) is 2.94. The first-order chi connectivity index (χ1) is 7.64. The highest BCUT2D eigenvalue weighted by molar-refractivity contribution is 6.53. The molecule has 0 radical (unpaired) electrons. The molecule has 1 aromatic carbocycles. The van der Waals surface area contributed by atoms with Gasteiger partial charge in [0.2, 0.25) is 0 Å². The summed E-state index contributed by atoms with van der Waals surface area (Å²) in [4.78, 5) is 10.2. The van der Waals surface area contributed by atoms with Gasteiger partial charge in [-0.05, 0) is 5.56 Å². The molecular formula is C11H11Cl2NO2. The van der Waals surface area contributed by atoms with Crippen molar-refractivity contribution in [3.05, 3.63) is 35.9 Å². The van der Waals surface area contributed by atoms with Crippen LogP contribution in [0.1, 0.15) is 5.56 Å². The van der Waals surface area contributed by atoms with Crippen molar-refractivity contribution in [2.24, 2.45) is 0 Å². The van der Waals surface area contributed by atoms with Crippen molar-refractivity contribution < 1.29 is 9.53 Å². The number of carbonyl (C=O) groups is 1. The van der Waals surface area contributed by atoms with Crippen LogP contribution in [0.2, 0.25) is 0 Å². The molecule has 0 aromatic heterocycles. The molecule has 2 rings (SSSR count). The molecule has 1 saturated heterocycles. The molecule has 1 atom stereocenters. The number of hydrogen-bond acceptors (Lipinski definition) is 2. The van der Waals surface area contributed by atoms with Gasteiger partial charge in [0.15, 0.2) is 4.84 Å². The van der Waals surface area contributed by atoms with Crippen LogP contribution >= 0.6 is 23.2 Å². The molecule has 1 aliphatic heterocycles. The molecule has 0 bridgehead atoms. The normalized spacial score (nSPS) is 23.2. The van der Waals surface area contributed by atoms with E-state index in [9.17, 15) is 4.79 Å². The number of benzene rings is 1. The molecular weight excluding hydrogens is 249 g/mol. The number of halogens is 2. The van der Waals surface area contributed by atoms with Crippen molar-refractivity contribution >= 4 is 29.1 Å². The molecule has 1 fully saturated rings. The highest BCUT2D eigenvalue weighted by Gasteiger charge is 2.46.